The van der Waals surface area contributed by atoms with E-state index < -0.39 is 21.2 Å². The van der Waals surface area contributed by atoms with Gasteiger partial charge in [-0.25, -0.2) is 8.42 Å². The maximum atomic E-state index is 13.8. The molecular formula is C32H27NO3S. The van der Waals surface area contributed by atoms with Gasteiger partial charge in [0.2, 0.25) is 0 Å². The lowest BCUT2D eigenvalue weighted by molar-refractivity contribution is -0.0479. The molecule has 3 aliphatic rings. The zero-order valence-electron chi connectivity index (χ0n) is 20.5. The number of nitrogens with zero attached hydrogens (tertiary/aromatic N) is 1. The fourth-order valence-electron chi connectivity index (χ4n) is 6.61. The average Bonchev–Trinajstić information content (AvgIpc) is 3.44. The Hall–Kier alpha value is -3.67. The number of rotatable bonds is 4. The van der Waals surface area contributed by atoms with Crippen LogP contribution in [0.3, 0.4) is 0 Å². The molecule has 0 unspecified atom stereocenters. The highest BCUT2D eigenvalue weighted by molar-refractivity contribution is 7.89. The Morgan fingerprint density at radius 1 is 0.757 bits per heavy atom. The van der Waals surface area contributed by atoms with Gasteiger partial charge in [-0.1, -0.05) is 103 Å². The zero-order chi connectivity index (χ0) is 25.3. The summed E-state index contributed by atoms with van der Waals surface area (Å²) in [4.78, 5) is 0.310. The fourth-order valence-corrected chi connectivity index (χ4v) is 7.96. The molecule has 0 aromatic heterocycles. The molecule has 0 amide bonds. The first-order valence-electron chi connectivity index (χ1n) is 12.7. The van der Waals surface area contributed by atoms with Crippen molar-refractivity contribution in [1.29, 1.82) is 0 Å². The molecule has 2 bridgehead atoms. The van der Waals surface area contributed by atoms with Gasteiger partial charge in [-0.05, 0) is 53.3 Å². The minimum Gasteiger partial charge on any atom is -0.345 e. The van der Waals surface area contributed by atoms with Crippen LogP contribution in [-0.2, 0) is 26.0 Å². The Balaban J connectivity index is 1.49. The number of fused-ring (bicyclic) bond motifs is 8. The van der Waals surface area contributed by atoms with E-state index in [9.17, 15) is 8.42 Å². The lowest BCUT2D eigenvalue weighted by Crippen LogP contribution is -2.42. The van der Waals surface area contributed by atoms with E-state index in [-0.39, 0.29) is 5.92 Å². The van der Waals surface area contributed by atoms with E-state index in [4.69, 9.17) is 4.74 Å². The van der Waals surface area contributed by atoms with Crippen LogP contribution in [0, 0.1) is 12.8 Å². The van der Waals surface area contributed by atoms with E-state index in [1.54, 1.807) is 12.1 Å². The van der Waals surface area contributed by atoms with Crippen LogP contribution in [0.1, 0.15) is 34.2 Å². The Bertz CT molecular complexity index is 1630. The molecule has 37 heavy (non-hydrogen) atoms. The van der Waals surface area contributed by atoms with E-state index in [0.29, 0.717) is 17.9 Å². The van der Waals surface area contributed by atoms with Crippen LogP contribution in [0.2, 0.25) is 0 Å². The van der Waals surface area contributed by atoms with E-state index in [1.807, 2.05) is 55.6 Å². The molecule has 7 rings (SSSR count). The number of benzene rings is 4. The minimum absolute atomic E-state index is 0.00877. The molecular weight excluding hydrogens is 478 g/mol. The molecule has 0 N–H and O–H groups in total. The molecule has 4 nitrogen and oxygen atoms in total. The first-order chi connectivity index (χ1) is 18.0. The van der Waals surface area contributed by atoms with Crippen LogP contribution in [0.25, 0.3) is 0 Å². The molecule has 4 aromatic carbocycles. The molecule has 3 heterocycles. The lowest BCUT2D eigenvalue weighted by Gasteiger charge is -2.41. The largest absolute Gasteiger partial charge is 0.345 e. The van der Waals surface area contributed by atoms with Gasteiger partial charge >= 0.3 is 0 Å². The van der Waals surface area contributed by atoms with Gasteiger partial charge in [-0.2, -0.15) is 0 Å². The van der Waals surface area contributed by atoms with Crippen LogP contribution < -0.4 is 0 Å². The summed E-state index contributed by atoms with van der Waals surface area (Å²) in [5, 5.41) is 0. The topological polar surface area (TPSA) is 46.6 Å². The Morgan fingerprint density at radius 2 is 1.35 bits per heavy atom. The predicted molar refractivity (Wildman–Crippen MR) is 143 cm³/mol. The fraction of sp³-hybridized carbons (Fsp3) is 0.188. The number of hydrogen-bond donors (Lipinski definition) is 0. The van der Waals surface area contributed by atoms with Crippen molar-refractivity contribution < 1.29 is 13.2 Å². The van der Waals surface area contributed by atoms with Gasteiger partial charge in [-0.3, -0.25) is 4.31 Å². The highest BCUT2D eigenvalue weighted by Crippen LogP contribution is 2.69. The summed E-state index contributed by atoms with van der Waals surface area (Å²) in [5.74, 6) is 0.00877. The molecule has 4 aromatic rings. The van der Waals surface area contributed by atoms with Crippen LogP contribution in [0.4, 0.5) is 0 Å². The lowest BCUT2D eigenvalue weighted by atomic mass is 9.62. The zero-order valence-corrected chi connectivity index (χ0v) is 21.4. The third-order valence-electron chi connectivity index (χ3n) is 8.23. The summed E-state index contributed by atoms with van der Waals surface area (Å²) in [6.45, 7) is 2.36. The number of ether oxygens (including phenoxy) is 1. The van der Waals surface area contributed by atoms with E-state index in [2.05, 4.69) is 54.6 Å². The van der Waals surface area contributed by atoms with E-state index in [0.717, 1.165) is 27.8 Å². The summed E-state index contributed by atoms with van der Waals surface area (Å²) < 4.78 is 36.4. The first-order valence-corrected chi connectivity index (χ1v) is 14.1. The van der Waals surface area contributed by atoms with Gasteiger partial charge in [0.15, 0.2) is 0 Å². The smallest absolute Gasteiger partial charge is 0.263 e. The second kappa shape index (κ2) is 7.91. The van der Waals surface area contributed by atoms with Crippen LogP contribution in [0.15, 0.2) is 126 Å². The van der Waals surface area contributed by atoms with Gasteiger partial charge in [0, 0.05) is 18.7 Å². The molecule has 0 spiro atoms. The molecule has 0 saturated carbocycles. The van der Waals surface area contributed by atoms with Gasteiger partial charge in [0.1, 0.15) is 11.2 Å². The van der Waals surface area contributed by atoms with Crippen molar-refractivity contribution in [2.45, 2.75) is 29.4 Å². The molecule has 5 heteroatoms. The maximum Gasteiger partial charge on any atom is 0.263 e. The summed E-state index contributed by atoms with van der Waals surface area (Å²) in [6.07, 6.45) is 2.53. The molecule has 184 valence electrons. The third kappa shape index (κ3) is 2.95. The first kappa shape index (κ1) is 22.5. The van der Waals surface area contributed by atoms with E-state index >= 15 is 0 Å². The standard InChI is InChI=1S/C32H27NO3S/c1-23-16-18-26(19-17-23)37(34,35)33-21-20-29-30(22-33)32(25-12-6-3-7-13-25)28-15-9-8-14-27(28)31(29,36-32)24-10-4-2-5-11-24/h2-19,22,29H,20-21H2,1H3/t29-,31-,32+/m0/s1. The molecule has 1 fully saturated rings. The second-order valence-corrected chi connectivity index (χ2v) is 12.0. The SMILES string of the molecule is Cc1ccc(S(=O)(=O)N2C=C3[C@H](CC2)[C@@]2(c4ccccc4)O[C@]3(c3ccccc3)c3ccccc32)cc1. The number of aryl methyl sites for hydroxylation is 1. The highest BCUT2D eigenvalue weighted by atomic mass is 32.2. The monoisotopic (exact) mass is 505 g/mol. The Labute approximate surface area is 217 Å². The predicted octanol–water partition coefficient (Wildman–Crippen LogP) is 6.12. The van der Waals surface area contributed by atoms with Gasteiger partial charge in [0.05, 0.1) is 4.90 Å². The van der Waals surface area contributed by atoms with Crippen molar-refractivity contribution in [2.24, 2.45) is 5.92 Å². The average molecular weight is 506 g/mol. The maximum absolute atomic E-state index is 13.8. The van der Waals surface area contributed by atoms with E-state index in [1.165, 1.54) is 9.87 Å². The van der Waals surface area contributed by atoms with Crippen molar-refractivity contribution in [3.8, 4) is 0 Å². The summed E-state index contributed by atoms with van der Waals surface area (Å²) in [7, 11) is -3.70. The molecule has 0 radical (unpaired) electrons. The van der Waals surface area contributed by atoms with Crippen LogP contribution in [-0.4, -0.2) is 19.3 Å². The van der Waals surface area contributed by atoms with Crippen molar-refractivity contribution in [1.82, 2.24) is 4.31 Å². The molecule has 0 aliphatic carbocycles. The van der Waals surface area contributed by atoms with Crippen molar-refractivity contribution in [2.75, 3.05) is 6.54 Å². The number of sulfonamides is 1. The quantitative estimate of drug-likeness (QED) is 0.336. The summed E-state index contributed by atoms with van der Waals surface area (Å²) in [5.41, 5.74) is 4.86. The Kier molecular flexibility index (Phi) is 4.82. The third-order valence-corrected chi connectivity index (χ3v) is 10.00. The van der Waals surface area contributed by atoms with Crippen LogP contribution in [0.5, 0.6) is 0 Å². The van der Waals surface area contributed by atoms with Crippen molar-refractivity contribution >= 4 is 10.0 Å². The summed E-state index contributed by atoms with van der Waals surface area (Å²) in [6, 6.07) is 36.2. The second-order valence-electron chi connectivity index (χ2n) is 10.2. The van der Waals surface area contributed by atoms with Crippen molar-refractivity contribution in [3.05, 3.63) is 149 Å². The van der Waals surface area contributed by atoms with Gasteiger partial charge < -0.3 is 4.74 Å². The van der Waals surface area contributed by atoms with Gasteiger partial charge in [-0.15, -0.1) is 0 Å². The highest BCUT2D eigenvalue weighted by Gasteiger charge is 2.69. The minimum atomic E-state index is -3.70. The van der Waals surface area contributed by atoms with Crippen molar-refractivity contribution in [3.63, 3.8) is 0 Å². The van der Waals surface area contributed by atoms with Crippen LogP contribution >= 0.6 is 0 Å². The normalized spacial score (nSPS) is 25.9. The molecule has 1 saturated heterocycles. The van der Waals surface area contributed by atoms with Gasteiger partial charge in [0.25, 0.3) is 10.0 Å². The Morgan fingerprint density at radius 3 is 2.03 bits per heavy atom. The summed E-state index contributed by atoms with van der Waals surface area (Å²) >= 11 is 0. The number of hydrogen-bond acceptors (Lipinski definition) is 3. The molecule has 3 atom stereocenters. The molecule has 3 aliphatic heterocycles.